The fraction of sp³-hybridized carbons (Fsp3) is 0.0455. The molecule has 0 spiro atoms. The Hall–Kier alpha value is -4.13. The number of fused-ring (bicyclic) bond motifs is 1. The molecule has 7 nitrogen and oxygen atoms in total. The molecule has 2 aromatic carbocycles. The van der Waals surface area contributed by atoms with Crippen LogP contribution in [-0.2, 0) is 0 Å². The van der Waals surface area contributed by atoms with Crippen LogP contribution in [0.25, 0.3) is 5.70 Å². The predicted molar refractivity (Wildman–Crippen MR) is 109 cm³/mol. The zero-order chi connectivity index (χ0) is 19.6. The lowest BCUT2D eigenvalue weighted by Gasteiger charge is -2.24. The molecule has 3 heterocycles. The fourth-order valence-corrected chi connectivity index (χ4v) is 3.29. The summed E-state index contributed by atoms with van der Waals surface area (Å²) in [5.74, 6) is 0.561. The van der Waals surface area contributed by atoms with E-state index in [1.807, 2.05) is 60.7 Å². The third-order valence-electron chi connectivity index (χ3n) is 4.66. The molecule has 0 saturated heterocycles. The molecule has 0 aliphatic carbocycles. The van der Waals surface area contributed by atoms with E-state index in [1.54, 1.807) is 16.8 Å². The third kappa shape index (κ3) is 3.29. The normalized spacial score (nSPS) is 15.2. The summed E-state index contributed by atoms with van der Waals surface area (Å²) in [6.45, 7) is 0. The van der Waals surface area contributed by atoms with Crippen LogP contribution in [0, 0.1) is 0 Å². The first-order chi connectivity index (χ1) is 14.3. The highest BCUT2D eigenvalue weighted by Gasteiger charge is 2.26. The van der Waals surface area contributed by atoms with Gasteiger partial charge >= 0.3 is 0 Å². The van der Waals surface area contributed by atoms with Gasteiger partial charge in [-0.05, 0) is 29.3 Å². The molecule has 1 aliphatic heterocycles. The zero-order valence-corrected chi connectivity index (χ0v) is 15.3. The first kappa shape index (κ1) is 17.0. The summed E-state index contributed by atoms with van der Waals surface area (Å²) in [6.07, 6.45) is 3.55. The van der Waals surface area contributed by atoms with Crippen LogP contribution in [0.3, 0.4) is 0 Å². The molecule has 0 unspecified atom stereocenters. The van der Waals surface area contributed by atoms with Gasteiger partial charge in [0.2, 0.25) is 5.95 Å². The SMILES string of the molecule is O=C(Nc1nc2n(n1)[C@H](c1ccccc1)C=C(c1ccccc1)N2)c1ccco1. The summed E-state index contributed by atoms with van der Waals surface area (Å²) in [4.78, 5) is 16.8. The Kier molecular flexibility index (Phi) is 4.18. The van der Waals surface area contributed by atoms with Gasteiger partial charge in [-0.2, -0.15) is 4.98 Å². The average molecular weight is 383 g/mol. The smallest absolute Gasteiger partial charge is 0.293 e. The van der Waals surface area contributed by atoms with Crippen molar-refractivity contribution in [2.75, 3.05) is 10.6 Å². The highest BCUT2D eigenvalue weighted by molar-refractivity contribution is 6.01. The number of furan rings is 1. The van der Waals surface area contributed by atoms with Crippen molar-refractivity contribution in [3.05, 3.63) is 102 Å². The number of carbonyl (C=O) groups is 1. The van der Waals surface area contributed by atoms with Gasteiger partial charge in [-0.1, -0.05) is 60.7 Å². The number of rotatable bonds is 4. The summed E-state index contributed by atoms with van der Waals surface area (Å²) in [6, 6.07) is 23.2. The molecule has 2 N–H and O–H groups in total. The van der Waals surface area contributed by atoms with Gasteiger partial charge < -0.3 is 9.73 Å². The van der Waals surface area contributed by atoms with Crippen molar-refractivity contribution in [2.24, 2.45) is 0 Å². The van der Waals surface area contributed by atoms with Crippen molar-refractivity contribution < 1.29 is 9.21 Å². The Morgan fingerprint density at radius 1 is 1.00 bits per heavy atom. The minimum absolute atomic E-state index is 0.163. The van der Waals surface area contributed by atoms with Gasteiger partial charge in [0.1, 0.15) is 6.04 Å². The Labute approximate surface area is 166 Å². The fourth-order valence-electron chi connectivity index (χ4n) is 3.29. The van der Waals surface area contributed by atoms with Crippen molar-refractivity contribution in [1.82, 2.24) is 14.8 Å². The molecule has 0 bridgehead atoms. The van der Waals surface area contributed by atoms with E-state index >= 15 is 0 Å². The Morgan fingerprint density at radius 2 is 1.76 bits per heavy atom. The molecule has 29 heavy (non-hydrogen) atoms. The van der Waals surface area contributed by atoms with Gasteiger partial charge in [0.15, 0.2) is 5.76 Å². The summed E-state index contributed by atoms with van der Waals surface area (Å²) >= 11 is 0. The number of nitrogens with one attached hydrogen (secondary N) is 2. The van der Waals surface area contributed by atoms with E-state index < -0.39 is 5.91 Å². The number of aromatic nitrogens is 3. The second-order valence-electron chi connectivity index (χ2n) is 6.56. The van der Waals surface area contributed by atoms with E-state index in [1.165, 1.54) is 6.26 Å². The second kappa shape index (κ2) is 7.12. The number of amides is 1. The van der Waals surface area contributed by atoms with Gasteiger partial charge in [0.25, 0.3) is 11.9 Å². The maximum absolute atomic E-state index is 12.3. The molecule has 142 valence electrons. The maximum Gasteiger partial charge on any atom is 0.293 e. The molecule has 7 heteroatoms. The third-order valence-corrected chi connectivity index (χ3v) is 4.66. The monoisotopic (exact) mass is 383 g/mol. The lowest BCUT2D eigenvalue weighted by molar-refractivity contribution is 0.0996. The van der Waals surface area contributed by atoms with Crippen LogP contribution in [0.15, 0.2) is 89.6 Å². The molecule has 1 atom stereocenters. The van der Waals surface area contributed by atoms with Crippen LogP contribution in [0.5, 0.6) is 0 Å². The van der Waals surface area contributed by atoms with Gasteiger partial charge in [-0.25, -0.2) is 4.68 Å². The van der Waals surface area contributed by atoms with Crippen molar-refractivity contribution >= 4 is 23.5 Å². The van der Waals surface area contributed by atoms with Crippen molar-refractivity contribution in [3.8, 4) is 0 Å². The van der Waals surface area contributed by atoms with Crippen molar-refractivity contribution in [3.63, 3.8) is 0 Å². The number of hydrogen-bond donors (Lipinski definition) is 2. The predicted octanol–water partition coefficient (Wildman–Crippen LogP) is 4.18. The summed E-state index contributed by atoms with van der Waals surface area (Å²) in [7, 11) is 0. The highest BCUT2D eigenvalue weighted by Crippen LogP contribution is 2.33. The van der Waals surface area contributed by atoms with E-state index in [0.717, 1.165) is 16.8 Å². The molecular formula is C22H17N5O2. The van der Waals surface area contributed by atoms with Gasteiger partial charge in [0.05, 0.1) is 6.26 Å². The van der Waals surface area contributed by atoms with Crippen LogP contribution in [0.1, 0.15) is 27.7 Å². The van der Waals surface area contributed by atoms with E-state index in [9.17, 15) is 4.79 Å². The van der Waals surface area contributed by atoms with E-state index in [-0.39, 0.29) is 17.8 Å². The molecule has 5 rings (SSSR count). The van der Waals surface area contributed by atoms with Gasteiger partial charge in [-0.15, -0.1) is 5.10 Å². The highest BCUT2D eigenvalue weighted by atomic mass is 16.3. The summed E-state index contributed by atoms with van der Waals surface area (Å²) < 4.78 is 6.90. The number of benzene rings is 2. The Morgan fingerprint density at radius 3 is 2.48 bits per heavy atom. The van der Waals surface area contributed by atoms with E-state index in [4.69, 9.17) is 4.42 Å². The topological polar surface area (TPSA) is 85.0 Å². The number of allylic oxidation sites excluding steroid dienone is 1. The molecule has 1 amide bonds. The maximum atomic E-state index is 12.3. The first-order valence-electron chi connectivity index (χ1n) is 9.18. The molecule has 4 aromatic rings. The molecule has 1 aliphatic rings. The molecule has 0 saturated carbocycles. The number of carbonyl (C=O) groups excluding carboxylic acids is 1. The van der Waals surface area contributed by atoms with Crippen LogP contribution < -0.4 is 10.6 Å². The summed E-state index contributed by atoms with van der Waals surface area (Å²) in [5, 5.41) is 10.5. The number of anilines is 2. The largest absolute Gasteiger partial charge is 0.459 e. The minimum Gasteiger partial charge on any atom is -0.459 e. The van der Waals surface area contributed by atoms with Crippen LogP contribution in [0.2, 0.25) is 0 Å². The zero-order valence-electron chi connectivity index (χ0n) is 15.3. The quantitative estimate of drug-likeness (QED) is 0.552. The Bertz CT molecular complexity index is 1160. The van der Waals surface area contributed by atoms with E-state index in [0.29, 0.717) is 5.95 Å². The minimum atomic E-state index is -0.398. The molecule has 2 aromatic heterocycles. The number of nitrogens with zero attached hydrogens (tertiary/aromatic N) is 3. The Balaban J connectivity index is 1.52. The standard InChI is InChI=1S/C22H17N5O2/c28-20(19-12-7-13-29-19)24-21-25-22-23-17(15-8-3-1-4-9-15)14-18(27(22)26-21)16-10-5-2-6-11-16/h1-14,18H,(H2,23,24,25,26,28)/t18-/m0/s1. The second-order valence-corrected chi connectivity index (χ2v) is 6.56. The average Bonchev–Trinajstić information content (AvgIpc) is 3.44. The summed E-state index contributed by atoms with van der Waals surface area (Å²) in [5.41, 5.74) is 3.05. The van der Waals surface area contributed by atoms with E-state index in [2.05, 4.69) is 26.8 Å². The molecule has 0 radical (unpaired) electrons. The van der Waals surface area contributed by atoms with Gasteiger partial charge in [-0.3, -0.25) is 10.1 Å². The van der Waals surface area contributed by atoms with Crippen LogP contribution in [0.4, 0.5) is 11.9 Å². The lowest BCUT2D eigenvalue weighted by Crippen LogP contribution is -2.20. The molecular weight excluding hydrogens is 366 g/mol. The first-order valence-corrected chi connectivity index (χ1v) is 9.18. The number of hydrogen-bond acceptors (Lipinski definition) is 5. The van der Waals surface area contributed by atoms with Crippen LogP contribution in [-0.4, -0.2) is 20.7 Å². The van der Waals surface area contributed by atoms with Crippen molar-refractivity contribution in [1.29, 1.82) is 0 Å². The molecule has 0 fully saturated rings. The van der Waals surface area contributed by atoms with Crippen molar-refractivity contribution in [2.45, 2.75) is 6.04 Å². The lowest BCUT2D eigenvalue weighted by atomic mass is 10.0. The van der Waals surface area contributed by atoms with Crippen LogP contribution >= 0.6 is 0 Å². The van der Waals surface area contributed by atoms with Gasteiger partial charge in [0, 0.05) is 5.70 Å².